The van der Waals surface area contributed by atoms with Crippen LogP contribution in [0.1, 0.15) is 30.4 Å². The molecule has 3 aromatic carbocycles. The van der Waals surface area contributed by atoms with Crippen molar-refractivity contribution in [2.75, 3.05) is 6.61 Å². The molecule has 37 heavy (non-hydrogen) atoms. The summed E-state index contributed by atoms with van der Waals surface area (Å²) in [6.45, 7) is 6.00. The van der Waals surface area contributed by atoms with Crippen LogP contribution in [0.4, 0.5) is 0 Å². The summed E-state index contributed by atoms with van der Waals surface area (Å²) in [5, 5.41) is 40.5. The monoisotopic (exact) mass is 502 g/mol. The molecule has 0 amide bonds. The number of fused-ring (bicyclic) bond motifs is 3. The fourth-order valence-corrected chi connectivity index (χ4v) is 4.33. The summed E-state index contributed by atoms with van der Waals surface area (Å²) in [6.07, 6.45) is -0.0707. The number of rotatable bonds is 5. The van der Waals surface area contributed by atoms with Crippen LogP contribution in [0.2, 0.25) is 0 Å². The summed E-state index contributed by atoms with van der Waals surface area (Å²) in [6, 6.07) is 11.8. The second-order valence-corrected chi connectivity index (χ2v) is 8.87. The molecule has 4 aromatic rings. The Bertz CT molecular complexity index is 1630. The highest BCUT2D eigenvalue weighted by Gasteiger charge is 2.34. The van der Waals surface area contributed by atoms with Crippen LogP contribution in [0.15, 0.2) is 69.9 Å². The highest BCUT2D eigenvalue weighted by atomic mass is 16.5. The van der Waals surface area contributed by atoms with Crippen LogP contribution < -0.4 is 14.9 Å². The molecule has 0 fully saturated rings. The largest absolute Gasteiger partial charge is 0.507 e. The molecule has 0 bridgehead atoms. The number of carbonyl (C=O) groups is 1. The van der Waals surface area contributed by atoms with Gasteiger partial charge in [-0.15, -0.1) is 0 Å². The Labute approximate surface area is 210 Å². The average molecular weight is 502 g/mol. The topological polar surface area (TPSA) is 147 Å². The number of ether oxygens (including phenoxy) is 2. The van der Waals surface area contributed by atoms with Crippen molar-refractivity contribution >= 4 is 16.9 Å². The summed E-state index contributed by atoms with van der Waals surface area (Å²) in [5.74, 6) is -3.03. The van der Waals surface area contributed by atoms with Gasteiger partial charge in [-0.3, -0.25) is 9.59 Å². The van der Waals surface area contributed by atoms with Crippen LogP contribution in [-0.4, -0.2) is 33.0 Å². The first-order valence-corrected chi connectivity index (χ1v) is 11.3. The van der Waals surface area contributed by atoms with Gasteiger partial charge in [0.1, 0.15) is 34.8 Å². The van der Waals surface area contributed by atoms with E-state index in [0.29, 0.717) is 23.5 Å². The Kier molecular flexibility index (Phi) is 5.75. The number of aromatic hydroxyl groups is 4. The zero-order valence-corrected chi connectivity index (χ0v) is 19.6. The van der Waals surface area contributed by atoms with Crippen LogP contribution in [0, 0.1) is 0 Å². The molecule has 0 radical (unpaired) electrons. The summed E-state index contributed by atoms with van der Waals surface area (Å²) < 4.78 is 17.0. The maximum atomic E-state index is 13.1. The summed E-state index contributed by atoms with van der Waals surface area (Å²) in [7, 11) is 0. The predicted octanol–water partition coefficient (Wildman–Crippen LogP) is 4.68. The lowest BCUT2D eigenvalue weighted by atomic mass is 9.85. The van der Waals surface area contributed by atoms with E-state index >= 15 is 0 Å². The minimum Gasteiger partial charge on any atom is -0.507 e. The van der Waals surface area contributed by atoms with E-state index in [2.05, 4.69) is 6.58 Å². The molecule has 1 aliphatic rings. The van der Waals surface area contributed by atoms with Gasteiger partial charge in [-0.25, -0.2) is 0 Å². The average Bonchev–Trinajstić information content (AvgIpc) is 2.86. The number of carbonyl (C=O) groups excluding carboxylic acids is 1. The SMILES string of the molecule is C=C(C)COc1ccc([C@H]2CC(=O)Oc3cc(O)c4c(=O)c(O)c(-c5ccc(O)c(O)c5)oc4c32)cc1. The van der Waals surface area contributed by atoms with Gasteiger partial charge in [-0.2, -0.15) is 0 Å². The van der Waals surface area contributed by atoms with Gasteiger partial charge in [0, 0.05) is 23.1 Å². The van der Waals surface area contributed by atoms with Crippen LogP contribution in [0.3, 0.4) is 0 Å². The number of benzene rings is 3. The van der Waals surface area contributed by atoms with Crippen molar-refractivity contribution in [1.29, 1.82) is 0 Å². The predicted molar refractivity (Wildman–Crippen MR) is 133 cm³/mol. The third kappa shape index (κ3) is 4.20. The number of phenols is 3. The normalized spacial score (nSPS) is 14.7. The van der Waals surface area contributed by atoms with E-state index in [1.807, 2.05) is 6.92 Å². The van der Waals surface area contributed by atoms with Gasteiger partial charge in [-0.1, -0.05) is 18.7 Å². The number of hydrogen-bond acceptors (Lipinski definition) is 9. The standard InChI is InChI=1S/C28H22O9/c1-13(2)12-35-16-6-3-14(4-7-16)17-10-22(32)36-21-11-20(31)24-25(33)26(34)27(37-28(24)23(17)21)15-5-8-18(29)19(30)9-15/h3-9,11,17,29-31,34H,1,10,12H2,2H3/t17-/m1/s1. The van der Waals surface area contributed by atoms with Gasteiger partial charge in [0.05, 0.1) is 6.42 Å². The summed E-state index contributed by atoms with van der Waals surface area (Å²) >= 11 is 0. The van der Waals surface area contributed by atoms with Crippen molar-refractivity contribution in [3.05, 3.63) is 82.0 Å². The second-order valence-electron chi connectivity index (χ2n) is 8.87. The lowest BCUT2D eigenvalue weighted by Gasteiger charge is -2.26. The van der Waals surface area contributed by atoms with Crippen molar-refractivity contribution in [2.24, 2.45) is 0 Å². The van der Waals surface area contributed by atoms with Gasteiger partial charge < -0.3 is 34.3 Å². The minimum atomic E-state index is -0.914. The number of phenolic OH excluding ortho intramolecular Hbond substituents is 3. The van der Waals surface area contributed by atoms with Gasteiger partial charge in [0.15, 0.2) is 17.3 Å². The quantitative estimate of drug-likeness (QED) is 0.132. The maximum absolute atomic E-state index is 13.1. The second kappa shape index (κ2) is 8.94. The van der Waals surface area contributed by atoms with Gasteiger partial charge in [0.25, 0.3) is 0 Å². The molecule has 4 N–H and O–H groups in total. The van der Waals surface area contributed by atoms with E-state index < -0.39 is 40.3 Å². The van der Waals surface area contributed by atoms with Crippen LogP contribution in [0.25, 0.3) is 22.3 Å². The van der Waals surface area contributed by atoms with Crippen molar-refractivity contribution in [1.82, 2.24) is 0 Å². The molecular weight excluding hydrogens is 480 g/mol. The number of hydrogen-bond donors (Lipinski definition) is 4. The smallest absolute Gasteiger partial charge is 0.312 e. The molecule has 0 unspecified atom stereocenters. The van der Waals surface area contributed by atoms with Crippen LogP contribution >= 0.6 is 0 Å². The van der Waals surface area contributed by atoms with Crippen molar-refractivity contribution in [3.8, 4) is 45.8 Å². The summed E-state index contributed by atoms with van der Waals surface area (Å²) in [5.41, 5.74) is 1.00. The van der Waals surface area contributed by atoms with Gasteiger partial charge in [-0.05, 0) is 48.4 Å². The zero-order chi connectivity index (χ0) is 26.4. The lowest BCUT2D eigenvalue weighted by Crippen LogP contribution is -2.22. The molecule has 0 saturated heterocycles. The Balaban J connectivity index is 1.72. The fourth-order valence-electron chi connectivity index (χ4n) is 4.33. The van der Waals surface area contributed by atoms with Gasteiger partial charge in [0.2, 0.25) is 11.2 Å². The lowest BCUT2D eigenvalue weighted by molar-refractivity contribution is -0.135. The zero-order valence-electron chi connectivity index (χ0n) is 19.6. The summed E-state index contributed by atoms with van der Waals surface area (Å²) in [4.78, 5) is 25.6. The molecule has 188 valence electrons. The van der Waals surface area contributed by atoms with E-state index in [9.17, 15) is 30.0 Å². The molecule has 2 heterocycles. The van der Waals surface area contributed by atoms with Gasteiger partial charge >= 0.3 is 5.97 Å². The Morgan fingerprint density at radius 2 is 1.73 bits per heavy atom. The van der Waals surface area contributed by atoms with E-state index in [4.69, 9.17) is 13.9 Å². The molecule has 0 spiro atoms. The Morgan fingerprint density at radius 3 is 2.41 bits per heavy atom. The first-order chi connectivity index (χ1) is 17.6. The van der Waals surface area contributed by atoms with Crippen molar-refractivity contribution in [3.63, 3.8) is 0 Å². The fraction of sp³-hybridized carbons (Fsp3) is 0.143. The third-order valence-corrected chi connectivity index (χ3v) is 6.07. The molecule has 0 saturated carbocycles. The molecule has 1 aliphatic heterocycles. The molecule has 0 aliphatic carbocycles. The number of esters is 1. The molecule has 1 atom stereocenters. The Hall–Kier alpha value is -4.92. The van der Waals surface area contributed by atoms with E-state index in [1.165, 1.54) is 12.1 Å². The van der Waals surface area contributed by atoms with E-state index in [-0.39, 0.29) is 34.5 Å². The third-order valence-electron chi connectivity index (χ3n) is 6.07. The highest BCUT2D eigenvalue weighted by Crippen LogP contribution is 2.47. The highest BCUT2D eigenvalue weighted by molar-refractivity contribution is 5.94. The molecule has 1 aromatic heterocycles. The molecule has 9 heteroatoms. The van der Waals surface area contributed by atoms with Crippen LogP contribution in [0.5, 0.6) is 34.5 Å². The van der Waals surface area contributed by atoms with E-state index in [1.54, 1.807) is 24.3 Å². The Morgan fingerprint density at radius 1 is 1.00 bits per heavy atom. The van der Waals surface area contributed by atoms with Crippen LogP contribution in [-0.2, 0) is 4.79 Å². The molecule has 9 nitrogen and oxygen atoms in total. The minimum absolute atomic E-state index is 0.0159. The first-order valence-electron chi connectivity index (χ1n) is 11.3. The maximum Gasteiger partial charge on any atom is 0.312 e. The first kappa shape index (κ1) is 23.8. The van der Waals surface area contributed by atoms with Crippen molar-refractivity contribution in [2.45, 2.75) is 19.3 Å². The molecule has 5 rings (SSSR count). The molecular formula is C28H22O9. The van der Waals surface area contributed by atoms with Crippen molar-refractivity contribution < 1.29 is 39.1 Å². The van der Waals surface area contributed by atoms with E-state index in [0.717, 1.165) is 17.7 Å².